The first-order valence-corrected chi connectivity index (χ1v) is 8.60. The highest BCUT2D eigenvalue weighted by Crippen LogP contribution is 2.31. The van der Waals surface area contributed by atoms with Crippen LogP contribution in [0.1, 0.15) is 33.1 Å². The minimum Gasteiger partial charge on any atom is -0.373 e. The third-order valence-electron chi connectivity index (χ3n) is 3.67. The summed E-state index contributed by atoms with van der Waals surface area (Å²) in [4.78, 5) is 0. The van der Waals surface area contributed by atoms with Gasteiger partial charge in [0.25, 0.3) is 10.2 Å². The lowest BCUT2D eigenvalue weighted by atomic mass is 10.3. The molecule has 1 saturated carbocycles. The fourth-order valence-electron chi connectivity index (χ4n) is 2.55. The maximum absolute atomic E-state index is 12.7. The lowest BCUT2D eigenvalue weighted by Gasteiger charge is -2.37. The summed E-state index contributed by atoms with van der Waals surface area (Å²) in [5.41, 5.74) is 0. The standard InChI is InChI=1S/C13H23N3O3S/c1-11-8-16(9-12(2)19-11)20(17,18)15(7-3-6-14)10-13-4-5-13/h11-13H,3-5,7-10H2,1-2H3. The fraction of sp³-hybridized carbons (Fsp3) is 0.923. The third kappa shape index (κ3) is 3.92. The summed E-state index contributed by atoms with van der Waals surface area (Å²) in [6, 6.07) is 2.04. The van der Waals surface area contributed by atoms with E-state index in [0.717, 1.165) is 12.8 Å². The van der Waals surface area contributed by atoms with E-state index in [4.69, 9.17) is 10.00 Å². The van der Waals surface area contributed by atoms with Gasteiger partial charge in [-0.15, -0.1) is 0 Å². The third-order valence-corrected chi connectivity index (χ3v) is 5.61. The van der Waals surface area contributed by atoms with Gasteiger partial charge in [0, 0.05) is 32.6 Å². The van der Waals surface area contributed by atoms with E-state index in [1.807, 2.05) is 19.9 Å². The van der Waals surface area contributed by atoms with Crippen LogP contribution in [0.2, 0.25) is 0 Å². The smallest absolute Gasteiger partial charge is 0.282 e. The van der Waals surface area contributed by atoms with Gasteiger partial charge in [-0.3, -0.25) is 0 Å². The lowest BCUT2D eigenvalue weighted by Crippen LogP contribution is -2.53. The maximum Gasteiger partial charge on any atom is 0.282 e. The molecule has 1 heterocycles. The Morgan fingerprint density at radius 3 is 2.40 bits per heavy atom. The first-order chi connectivity index (χ1) is 9.43. The van der Waals surface area contributed by atoms with Crippen molar-refractivity contribution in [1.29, 1.82) is 5.26 Å². The molecule has 114 valence electrons. The molecule has 0 amide bonds. The number of ether oxygens (including phenoxy) is 1. The Kier molecular flexibility index (Phi) is 5.02. The van der Waals surface area contributed by atoms with Crippen LogP contribution in [0, 0.1) is 17.2 Å². The van der Waals surface area contributed by atoms with Crippen LogP contribution in [-0.4, -0.2) is 55.4 Å². The Hall–Kier alpha value is -0.680. The topological polar surface area (TPSA) is 73.6 Å². The Morgan fingerprint density at radius 1 is 1.30 bits per heavy atom. The minimum atomic E-state index is -3.48. The van der Waals surface area contributed by atoms with Crippen molar-refractivity contribution in [3.05, 3.63) is 0 Å². The molecule has 0 aromatic heterocycles. The van der Waals surface area contributed by atoms with Gasteiger partial charge in [-0.1, -0.05) is 0 Å². The zero-order valence-corrected chi connectivity index (χ0v) is 13.0. The molecule has 20 heavy (non-hydrogen) atoms. The van der Waals surface area contributed by atoms with Crippen molar-refractivity contribution in [3.63, 3.8) is 0 Å². The Labute approximate surface area is 121 Å². The van der Waals surface area contributed by atoms with Crippen molar-refractivity contribution in [2.45, 2.75) is 45.3 Å². The normalized spacial score (nSPS) is 28.5. The summed E-state index contributed by atoms with van der Waals surface area (Å²) in [7, 11) is -3.48. The lowest BCUT2D eigenvalue weighted by molar-refractivity contribution is -0.0454. The van der Waals surface area contributed by atoms with Crippen LogP contribution >= 0.6 is 0 Å². The molecule has 0 aromatic carbocycles. The van der Waals surface area contributed by atoms with E-state index in [1.54, 1.807) is 0 Å². The monoisotopic (exact) mass is 301 g/mol. The van der Waals surface area contributed by atoms with Crippen molar-refractivity contribution < 1.29 is 13.2 Å². The predicted octanol–water partition coefficient (Wildman–Crippen LogP) is 0.966. The van der Waals surface area contributed by atoms with Crippen molar-refractivity contribution in [3.8, 4) is 6.07 Å². The number of nitrogens with zero attached hydrogens (tertiary/aromatic N) is 3. The van der Waals surface area contributed by atoms with Gasteiger partial charge in [0.2, 0.25) is 0 Å². The summed E-state index contributed by atoms with van der Waals surface area (Å²) in [5.74, 6) is 0.472. The largest absolute Gasteiger partial charge is 0.373 e. The number of hydrogen-bond acceptors (Lipinski definition) is 4. The molecule has 2 rings (SSSR count). The summed E-state index contributed by atoms with van der Waals surface area (Å²) in [5, 5.41) is 8.72. The maximum atomic E-state index is 12.7. The molecule has 0 N–H and O–H groups in total. The van der Waals surface area contributed by atoms with E-state index in [-0.39, 0.29) is 25.2 Å². The van der Waals surface area contributed by atoms with Crippen LogP contribution in [0.4, 0.5) is 0 Å². The highest BCUT2D eigenvalue weighted by molar-refractivity contribution is 7.86. The quantitative estimate of drug-likeness (QED) is 0.732. The van der Waals surface area contributed by atoms with Gasteiger partial charge >= 0.3 is 0 Å². The van der Waals surface area contributed by atoms with Crippen molar-refractivity contribution >= 4 is 10.2 Å². The molecule has 0 aromatic rings. The van der Waals surface area contributed by atoms with Crippen LogP contribution < -0.4 is 0 Å². The second kappa shape index (κ2) is 6.39. The van der Waals surface area contributed by atoms with Gasteiger partial charge in [0.1, 0.15) is 0 Å². The first-order valence-electron chi connectivity index (χ1n) is 7.21. The van der Waals surface area contributed by atoms with E-state index in [0.29, 0.717) is 25.6 Å². The SMILES string of the molecule is CC1CN(S(=O)(=O)N(CCC#N)CC2CC2)CC(C)O1. The molecule has 1 aliphatic heterocycles. The van der Waals surface area contributed by atoms with E-state index in [1.165, 1.54) is 8.61 Å². The van der Waals surface area contributed by atoms with Gasteiger partial charge in [-0.25, -0.2) is 0 Å². The molecule has 2 unspecified atom stereocenters. The van der Waals surface area contributed by atoms with E-state index >= 15 is 0 Å². The van der Waals surface area contributed by atoms with Gasteiger partial charge in [0.05, 0.1) is 18.3 Å². The molecule has 0 radical (unpaired) electrons. The van der Waals surface area contributed by atoms with Crippen LogP contribution in [-0.2, 0) is 14.9 Å². The summed E-state index contributed by atoms with van der Waals surface area (Å²) in [6.45, 7) is 5.39. The van der Waals surface area contributed by atoms with Crippen LogP contribution in [0.25, 0.3) is 0 Å². The average molecular weight is 301 g/mol. The van der Waals surface area contributed by atoms with Crippen molar-refractivity contribution in [1.82, 2.24) is 8.61 Å². The Morgan fingerprint density at radius 2 is 1.90 bits per heavy atom. The van der Waals surface area contributed by atoms with Gasteiger partial charge in [-0.05, 0) is 32.6 Å². The molecule has 1 aliphatic carbocycles. The molecular formula is C13H23N3O3S. The van der Waals surface area contributed by atoms with E-state index in [9.17, 15) is 8.42 Å². The van der Waals surface area contributed by atoms with Crippen LogP contribution in [0.5, 0.6) is 0 Å². The second-order valence-electron chi connectivity index (χ2n) is 5.79. The second-order valence-corrected chi connectivity index (χ2v) is 7.72. The molecule has 6 nitrogen and oxygen atoms in total. The fourth-order valence-corrected chi connectivity index (χ4v) is 4.39. The zero-order chi connectivity index (χ0) is 14.8. The molecule has 1 saturated heterocycles. The Bertz CT molecular complexity index is 460. The predicted molar refractivity (Wildman–Crippen MR) is 75.0 cm³/mol. The average Bonchev–Trinajstić information content (AvgIpc) is 3.17. The van der Waals surface area contributed by atoms with E-state index in [2.05, 4.69) is 0 Å². The van der Waals surface area contributed by atoms with E-state index < -0.39 is 10.2 Å². The first kappa shape index (κ1) is 15.7. The number of hydrogen-bond donors (Lipinski definition) is 0. The molecule has 0 spiro atoms. The molecule has 2 aliphatic rings. The number of rotatable bonds is 6. The van der Waals surface area contributed by atoms with Crippen molar-refractivity contribution in [2.24, 2.45) is 5.92 Å². The molecule has 0 bridgehead atoms. The summed E-state index contributed by atoms with van der Waals surface area (Å²) >= 11 is 0. The molecule has 7 heteroatoms. The highest BCUT2D eigenvalue weighted by atomic mass is 32.2. The van der Waals surface area contributed by atoms with Crippen LogP contribution in [0.3, 0.4) is 0 Å². The van der Waals surface area contributed by atoms with Crippen molar-refractivity contribution in [2.75, 3.05) is 26.2 Å². The van der Waals surface area contributed by atoms with Gasteiger partial charge in [0.15, 0.2) is 0 Å². The zero-order valence-electron chi connectivity index (χ0n) is 12.2. The molecular weight excluding hydrogens is 278 g/mol. The number of nitriles is 1. The van der Waals surface area contributed by atoms with Gasteiger partial charge < -0.3 is 4.74 Å². The molecule has 2 fully saturated rings. The molecule has 2 atom stereocenters. The Balaban J connectivity index is 2.09. The number of morpholine rings is 1. The summed E-state index contributed by atoms with van der Waals surface area (Å²) < 4.78 is 34.0. The van der Waals surface area contributed by atoms with Crippen LogP contribution in [0.15, 0.2) is 0 Å². The van der Waals surface area contributed by atoms with Gasteiger partial charge in [-0.2, -0.15) is 22.3 Å². The highest BCUT2D eigenvalue weighted by Gasteiger charge is 2.37. The minimum absolute atomic E-state index is 0.0905. The summed E-state index contributed by atoms with van der Waals surface area (Å²) in [6.07, 6.45) is 2.24.